The van der Waals surface area contributed by atoms with Gasteiger partial charge in [0, 0.05) is 5.56 Å². The van der Waals surface area contributed by atoms with Crippen LogP contribution in [0.5, 0.6) is 17.2 Å². The summed E-state index contributed by atoms with van der Waals surface area (Å²) in [6.45, 7) is 0.143. The number of para-hydroxylation sites is 2. The first-order valence-corrected chi connectivity index (χ1v) is 8.72. The predicted octanol–water partition coefficient (Wildman–Crippen LogP) is 2.99. The second kappa shape index (κ2) is 7.01. The van der Waals surface area contributed by atoms with E-state index >= 15 is 0 Å². The fourth-order valence-electron chi connectivity index (χ4n) is 2.48. The van der Waals surface area contributed by atoms with E-state index in [4.69, 9.17) is 14.2 Å². The molecule has 0 bridgehead atoms. The van der Waals surface area contributed by atoms with Gasteiger partial charge in [-0.15, -0.1) is 10.2 Å². The minimum absolute atomic E-state index is 0.143. The van der Waals surface area contributed by atoms with Crippen molar-refractivity contribution in [3.63, 3.8) is 0 Å². The summed E-state index contributed by atoms with van der Waals surface area (Å²) in [4.78, 5) is 12.4. The van der Waals surface area contributed by atoms with E-state index in [9.17, 15) is 4.79 Å². The fraction of sp³-hybridized carbons (Fsp3) is 0.167. The van der Waals surface area contributed by atoms with Gasteiger partial charge in [-0.05, 0) is 24.3 Å². The summed E-state index contributed by atoms with van der Waals surface area (Å²) < 4.78 is 16.5. The number of hydrogen-bond donors (Lipinski definition) is 1. The highest BCUT2D eigenvalue weighted by Crippen LogP contribution is 2.32. The van der Waals surface area contributed by atoms with E-state index in [2.05, 4.69) is 15.5 Å². The number of carbonyl (C=O) groups is 1. The van der Waals surface area contributed by atoms with Crippen molar-refractivity contribution in [2.45, 2.75) is 6.10 Å². The minimum atomic E-state index is -0.742. The van der Waals surface area contributed by atoms with Gasteiger partial charge < -0.3 is 14.2 Å². The topological polar surface area (TPSA) is 82.6 Å². The SMILES string of the molecule is COc1cccc(-c2nnc(NC(=O)C3COc4ccccc4O3)s2)c1. The molecule has 0 saturated carbocycles. The van der Waals surface area contributed by atoms with Crippen LogP contribution in [0.15, 0.2) is 48.5 Å². The zero-order valence-corrected chi connectivity index (χ0v) is 14.7. The lowest BCUT2D eigenvalue weighted by atomic mass is 10.2. The van der Waals surface area contributed by atoms with E-state index in [1.165, 1.54) is 11.3 Å². The Morgan fingerprint density at radius 3 is 2.88 bits per heavy atom. The van der Waals surface area contributed by atoms with E-state index in [0.717, 1.165) is 11.3 Å². The third-order valence-corrected chi connectivity index (χ3v) is 4.66. The number of methoxy groups -OCH3 is 1. The van der Waals surface area contributed by atoms with Crippen LogP contribution < -0.4 is 19.5 Å². The molecular formula is C18H15N3O4S. The third-order valence-electron chi connectivity index (χ3n) is 3.77. The summed E-state index contributed by atoms with van der Waals surface area (Å²) in [5, 5.41) is 12.0. The van der Waals surface area contributed by atoms with Crippen molar-refractivity contribution in [3.05, 3.63) is 48.5 Å². The first kappa shape index (κ1) is 16.3. The maximum atomic E-state index is 12.4. The monoisotopic (exact) mass is 369 g/mol. The number of amides is 1. The highest BCUT2D eigenvalue weighted by atomic mass is 32.1. The molecule has 26 heavy (non-hydrogen) atoms. The Kier molecular flexibility index (Phi) is 4.40. The highest BCUT2D eigenvalue weighted by molar-refractivity contribution is 7.18. The molecule has 8 heteroatoms. The van der Waals surface area contributed by atoms with Crippen molar-refractivity contribution in [1.82, 2.24) is 10.2 Å². The van der Waals surface area contributed by atoms with Crippen LogP contribution in [0.2, 0.25) is 0 Å². The van der Waals surface area contributed by atoms with Crippen LogP contribution in [-0.2, 0) is 4.79 Å². The first-order chi connectivity index (χ1) is 12.7. The normalized spacial score (nSPS) is 15.3. The molecule has 7 nitrogen and oxygen atoms in total. The first-order valence-electron chi connectivity index (χ1n) is 7.90. The quantitative estimate of drug-likeness (QED) is 0.761. The smallest absolute Gasteiger partial charge is 0.270 e. The molecule has 0 aliphatic carbocycles. The Bertz CT molecular complexity index is 943. The lowest BCUT2D eigenvalue weighted by molar-refractivity contribution is -0.125. The molecule has 1 unspecified atom stereocenters. The van der Waals surface area contributed by atoms with Gasteiger partial charge in [-0.3, -0.25) is 10.1 Å². The summed E-state index contributed by atoms with van der Waals surface area (Å²) in [5.74, 6) is 1.59. The van der Waals surface area contributed by atoms with E-state index in [1.54, 1.807) is 19.2 Å². The Balaban J connectivity index is 1.45. The summed E-state index contributed by atoms with van der Waals surface area (Å²) in [6.07, 6.45) is -0.742. The van der Waals surface area contributed by atoms with E-state index in [0.29, 0.717) is 21.6 Å². The number of benzene rings is 2. The molecule has 1 aliphatic rings. The molecule has 3 aromatic rings. The van der Waals surface area contributed by atoms with Gasteiger partial charge in [0.2, 0.25) is 11.2 Å². The standard InChI is InChI=1S/C18H15N3O4S/c1-23-12-6-4-5-11(9-12)17-20-21-18(26-17)19-16(22)15-10-24-13-7-2-3-8-14(13)25-15/h2-9,15H,10H2,1H3,(H,19,21,22). The summed E-state index contributed by atoms with van der Waals surface area (Å²) in [7, 11) is 1.61. The number of fused-ring (bicyclic) bond motifs is 1. The molecule has 132 valence electrons. The zero-order valence-electron chi connectivity index (χ0n) is 13.8. The molecule has 1 aromatic heterocycles. The second-order valence-electron chi connectivity index (χ2n) is 5.50. The average molecular weight is 369 g/mol. The van der Waals surface area contributed by atoms with Crippen LogP contribution in [0, 0.1) is 0 Å². The molecule has 0 fully saturated rings. The number of aromatic nitrogens is 2. The van der Waals surface area contributed by atoms with Crippen molar-refractivity contribution in [1.29, 1.82) is 0 Å². The summed E-state index contributed by atoms with van der Waals surface area (Å²) >= 11 is 1.28. The Morgan fingerprint density at radius 2 is 2.04 bits per heavy atom. The van der Waals surface area contributed by atoms with Crippen LogP contribution in [0.1, 0.15) is 0 Å². The molecule has 0 saturated heterocycles. The molecule has 4 rings (SSSR count). The average Bonchev–Trinajstić information content (AvgIpc) is 3.16. The van der Waals surface area contributed by atoms with Gasteiger partial charge in [0.25, 0.3) is 5.91 Å². The van der Waals surface area contributed by atoms with Crippen LogP contribution in [0.25, 0.3) is 10.6 Å². The summed E-state index contributed by atoms with van der Waals surface area (Å²) in [6, 6.07) is 14.7. The lowest BCUT2D eigenvalue weighted by Crippen LogP contribution is -2.40. The molecular weight excluding hydrogens is 354 g/mol. The number of nitrogens with one attached hydrogen (secondary N) is 1. The lowest BCUT2D eigenvalue weighted by Gasteiger charge is -2.25. The Morgan fingerprint density at radius 1 is 1.19 bits per heavy atom. The van der Waals surface area contributed by atoms with Crippen LogP contribution in [0.3, 0.4) is 0 Å². The van der Waals surface area contributed by atoms with Gasteiger partial charge in [-0.1, -0.05) is 35.6 Å². The summed E-state index contributed by atoms with van der Waals surface area (Å²) in [5.41, 5.74) is 0.869. The Hall–Kier alpha value is -3.13. The van der Waals surface area contributed by atoms with Crippen LogP contribution >= 0.6 is 11.3 Å². The number of anilines is 1. The largest absolute Gasteiger partial charge is 0.497 e. The molecule has 1 amide bonds. The number of ether oxygens (including phenoxy) is 3. The zero-order chi connectivity index (χ0) is 17.9. The Labute approximate surface area is 153 Å². The predicted molar refractivity (Wildman–Crippen MR) is 96.9 cm³/mol. The van der Waals surface area contributed by atoms with Crippen molar-refractivity contribution in [2.75, 3.05) is 19.0 Å². The molecule has 0 radical (unpaired) electrons. The maximum Gasteiger partial charge on any atom is 0.270 e. The van der Waals surface area contributed by atoms with Gasteiger partial charge >= 0.3 is 0 Å². The fourth-order valence-corrected chi connectivity index (χ4v) is 3.22. The number of nitrogens with zero attached hydrogens (tertiary/aromatic N) is 2. The third kappa shape index (κ3) is 3.31. The van der Waals surface area contributed by atoms with E-state index in [-0.39, 0.29) is 12.5 Å². The molecule has 0 spiro atoms. The number of rotatable bonds is 4. The van der Waals surface area contributed by atoms with Crippen molar-refractivity contribution < 1.29 is 19.0 Å². The molecule has 1 aliphatic heterocycles. The van der Waals surface area contributed by atoms with E-state index in [1.807, 2.05) is 36.4 Å². The molecule has 1 N–H and O–H groups in total. The van der Waals surface area contributed by atoms with E-state index < -0.39 is 6.10 Å². The van der Waals surface area contributed by atoms with Crippen molar-refractivity contribution >= 4 is 22.4 Å². The molecule has 1 atom stereocenters. The number of hydrogen-bond acceptors (Lipinski definition) is 7. The molecule has 2 aromatic carbocycles. The minimum Gasteiger partial charge on any atom is -0.497 e. The number of carbonyl (C=O) groups excluding carboxylic acids is 1. The second-order valence-corrected chi connectivity index (χ2v) is 6.48. The van der Waals surface area contributed by atoms with Crippen molar-refractivity contribution in [3.8, 4) is 27.8 Å². The van der Waals surface area contributed by atoms with Gasteiger partial charge in [0.1, 0.15) is 17.4 Å². The maximum absolute atomic E-state index is 12.4. The molecule has 2 heterocycles. The van der Waals surface area contributed by atoms with Gasteiger partial charge in [-0.25, -0.2) is 0 Å². The van der Waals surface area contributed by atoms with Crippen LogP contribution in [0.4, 0.5) is 5.13 Å². The van der Waals surface area contributed by atoms with Gasteiger partial charge in [0.15, 0.2) is 11.5 Å². The van der Waals surface area contributed by atoms with Crippen LogP contribution in [-0.4, -0.2) is 35.9 Å². The highest BCUT2D eigenvalue weighted by Gasteiger charge is 2.28. The van der Waals surface area contributed by atoms with Gasteiger partial charge in [0.05, 0.1) is 7.11 Å². The van der Waals surface area contributed by atoms with Crippen molar-refractivity contribution in [2.24, 2.45) is 0 Å². The van der Waals surface area contributed by atoms with Gasteiger partial charge in [-0.2, -0.15) is 0 Å².